The fourth-order valence-electron chi connectivity index (χ4n) is 2.10. The Bertz CT molecular complexity index is 274. The second-order valence-corrected chi connectivity index (χ2v) is 4.81. The van der Waals surface area contributed by atoms with Crippen LogP contribution in [0, 0.1) is 5.92 Å². The van der Waals surface area contributed by atoms with E-state index in [1.807, 2.05) is 0 Å². The van der Waals surface area contributed by atoms with Gasteiger partial charge in [0.2, 0.25) is 0 Å². The van der Waals surface area contributed by atoms with Crippen molar-refractivity contribution >= 4 is 6.03 Å². The zero-order valence-corrected chi connectivity index (χ0v) is 12.1. The molecule has 0 bridgehead atoms. The molecule has 0 spiro atoms. The first kappa shape index (κ1) is 16.0. The maximum Gasteiger partial charge on any atom is 0.317 e. The third-order valence-corrected chi connectivity index (χ3v) is 3.34. The van der Waals surface area contributed by atoms with Crippen LogP contribution in [0.1, 0.15) is 19.3 Å². The average molecular weight is 270 g/mol. The molecule has 2 amide bonds. The van der Waals surface area contributed by atoms with Crippen LogP contribution in [0.2, 0.25) is 0 Å². The first-order chi connectivity index (χ1) is 9.27. The average Bonchev–Trinajstić information content (AvgIpc) is 2.46. The van der Waals surface area contributed by atoms with E-state index in [4.69, 9.17) is 9.47 Å². The summed E-state index contributed by atoms with van der Waals surface area (Å²) in [5, 5.41) is 3.01. The summed E-state index contributed by atoms with van der Waals surface area (Å²) in [6, 6.07) is -0.0244. The molecule has 5 heteroatoms. The van der Waals surface area contributed by atoms with Gasteiger partial charge in [-0.15, -0.1) is 0 Å². The van der Waals surface area contributed by atoms with Crippen molar-refractivity contribution in [1.29, 1.82) is 0 Å². The topological polar surface area (TPSA) is 50.8 Å². The first-order valence-corrected chi connectivity index (χ1v) is 6.93. The van der Waals surface area contributed by atoms with Gasteiger partial charge in [-0.3, -0.25) is 0 Å². The number of urea groups is 1. The molecule has 1 aliphatic carbocycles. The lowest BCUT2D eigenvalue weighted by atomic mass is 9.94. The summed E-state index contributed by atoms with van der Waals surface area (Å²) >= 11 is 0. The van der Waals surface area contributed by atoms with Crippen LogP contribution in [0.25, 0.3) is 0 Å². The number of carbonyl (C=O) groups is 1. The lowest BCUT2D eigenvalue weighted by molar-refractivity contribution is 0.122. The zero-order chi connectivity index (χ0) is 13.9. The SMILES string of the molecule is COCCN(CCOC)C(=O)NCC1CC=CCC1. The van der Waals surface area contributed by atoms with Gasteiger partial charge in [0.25, 0.3) is 0 Å². The summed E-state index contributed by atoms with van der Waals surface area (Å²) in [5.41, 5.74) is 0. The molecule has 0 radical (unpaired) electrons. The van der Waals surface area contributed by atoms with Crippen molar-refractivity contribution in [2.45, 2.75) is 19.3 Å². The van der Waals surface area contributed by atoms with Crippen LogP contribution in [-0.2, 0) is 9.47 Å². The van der Waals surface area contributed by atoms with Crippen molar-refractivity contribution in [3.05, 3.63) is 12.2 Å². The third-order valence-electron chi connectivity index (χ3n) is 3.34. The molecule has 0 heterocycles. The van der Waals surface area contributed by atoms with E-state index in [2.05, 4.69) is 17.5 Å². The Labute approximate surface area is 115 Å². The van der Waals surface area contributed by atoms with Crippen molar-refractivity contribution in [3.8, 4) is 0 Å². The Hall–Kier alpha value is -1.07. The first-order valence-electron chi connectivity index (χ1n) is 6.93. The minimum atomic E-state index is -0.0244. The van der Waals surface area contributed by atoms with E-state index in [0.29, 0.717) is 32.2 Å². The predicted octanol–water partition coefficient (Wildman–Crippen LogP) is 1.65. The summed E-state index contributed by atoms with van der Waals surface area (Å²) < 4.78 is 10.1. The molecule has 1 rings (SSSR count). The van der Waals surface area contributed by atoms with E-state index in [1.165, 1.54) is 0 Å². The molecular formula is C14H26N2O3. The van der Waals surface area contributed by atoms with E-state index in [-0.39, 0.29) is 6.03 Å². The Morgan fingerprint density at radius 3 is 2.47 bits per heavy atom. The third kappa shape index (κ3) is 6.59. The molecule has 0 aromatic rings. The van der Waals surface area contributed by atoms with Crippen molar-refractivity contribution < 1.29 is 14.3 Å². The molecule has 1 unspecified atom stereocenters. The molecule has 0 saturated heterocycles. The standard InChI is InChI=1S/C14H26N2O3/c1-18-10-8-16(9-11-19-2)14(17)15-12-13-6-4-3-5-7-13/h3-4,13H,5-12H2,1-2H3,(H,15,17). The minimum Gasteiger partial charge on any atom is -0.383 e. The maximum absolute atomic E-state index is 12.1. The fourth-order valence-corrected chi connectivity index (χ4v) is 2.10. The molecule has 1 N–H and O–H groups in total. The van der Waals surface area contributed by atoms with Crippen molar-refractivity contribution in [1.82, 2.24) is 10.2 Å². The second kappa shape index (κ2) is 9.81. The lowest BCUT2D eigenvalue weighted by Crippen LogP contribution is -2.44. The highest BCUT2D eigenvalue weighted by atomic mass is 16.5. The van der Waals surface area contributed by atoms with E-state index < -0.39 is 0 Å². The summed E-state index contributed by atoms with van der Waals surface area (Å²) in [4.78, 5) is 13.8. The smallest absolute Gasteiger partial charge is 0.317 e. The number of hydrogen-bond donors (Lipinski definition) is 1. The number of rotatable bonds is 8. The molecule has 110 valence electrons. The molecule has 5 nitrogen and oxygen atoms in total. The molecule has 0 saturated carbocycles. The van der Waals surface area contributed by atoms with E-state index in [0.717, 1.165) is 25.8 Å². The van der Waals surface area contributed by atoms with Crippen LogP contribution >= 0.6 is 0 Å². The molecule has 19 heavy (non-hydrogen) atoms. The maximum atomic E-state index is 12.1. The molecule has 0 aliphatic heterocycles. The van der Waals surface area contributed by atoms with Gasteiger partial charge in [-0.1, -0.05) is 12.2 Å². The summed E-state index contributed by atoms with van der Waals surface area (Å²) in [6.07, 6.45) is 7.76. The second-order valence-electron chi connectivity index (χ2n) is 4.81. The van der Waals surface area contributed by atoms with E-state index in [9.17, 15) is 4.79 Å². The van der Waals surface area contributed by atoms with E-state index in [1.54, 1.807) is 19.1 Å². The summed E-state index contributed by atoms with van der Waals surface area (Å²) in [6.45, 7) is 3.03. The molecule has 1 aliphatic rings. The van der Waals surface area contributed by atoms with Gasteiger partial charge in [-0.2, -0.15) is 0 Å². The van der Waals surface area contributed by atoms with Gasteiger partial charge in [-0.05, 0) is 25.2 Å². The quantitative estimate of drug-likeness (QED) is 0.682. The number of amides is 2. The molecule has 0 aromatic carbocycles. The van der Waals surface area contributed by atoms with Gasteiger partial charge in [0.05, 0.1) is 13.2 Å². The van der Waals surface area contributed by atoms with Gasteiger partial charge in [0.1, 0.15) is 0 Å². The molecule has 1 atom stereocenters. The molecular weight excluding hydrogens is 244 g/mol. The van der Waals surface area contributed by atoms with E-state index >= 15 is 0 Å². The molecule has 0 aromatic heterocycles. The van der Waals surface area contributed by atoms with Crippen LogP contribution in [0.15, 0.2) is 12.2 Å². The number of allylic oxidation sites excluding steroid dienone is 2. The van der Waals surface area contributed by atoms with Gasteiger partial charge < -0.3 is 19.7 Å². The van der Waals surface area contributed by atoms with Crippen LogP contribution < -0.4 is 5.32 Å². The predicted molar refractivity (Wildman–Crippen MR) is 75.2 cm³/mol. The zero-order valence-electron chi connectivity index (χ0n) is 12.1. The highest BCUT2D eigenvalue weighted by molar-refractivity contribution is 5.74. The summed E-state index contributed by atoms with van der Waals surface area (Å²) in [5.74, 6) is 0.570. The number of nitrogens with zero attached hydrogens (tertiary/aromatic N) is 1. The number of nitrogens with one attached hydrogen (secondary N) is 1. The Morgan fingerprint density at radius 2 is 1.95 bits per heavy atom. The minimum absolute atomic E-state index is 0.0244. The highest BCUT2D eigenvalue weighted by Crippen LogP contribution is 2.16. The molecule has 0 fully saturated rings. The number of carbonyl (C=O) groups excluding carboxylic acids is 1. The Kier molecular flexibility index (Phi) is 8.25. The van der Waals surface area contributed by atoms with Crippen molar-refractivity contribution in [2.75, 3.05) is 47.1 Å². The van der Waals surface area contributed by atoms with Crippen molar-refractivity contribution in [3.63, 3.8) is 0 Å². The monoisotopic (exact) mass is 270 g/mol. The van der Waals surface area contributed by atoms with Crippen LogP contribution in [0.5, 0.6) is 0 Å². The summed E-state index contributed by atoms with van der Waals surface area (Å²) in [7, 11) is 3.28. The Morgan fingerprint density at radius 1 is 1.26 bits per heavy atom. The fraction of sp³-hybridized carbons (Fsp3) is 0.786. The lowest BCUT2D eigenvalue weighted by Gasteiger charge is -2.24. The van der Waals surface area contributed by atoms with Crippen LogP contribution in [0.3, 0.4) is 0 Å². The van der Waals surface area contributed by atoms with Crippen molar-refractivity contribution in [2.24, 2.45) is 5.92 Å². The van der Waals surface area contributed by atoms with Crippen LogP contribution in [0.4, 0.5) is 4.79 Å². The Balaban J connectivity index is 2.30. The van der Waals surface area contributed by atoms with Gasteiger partial charge >= 0.3 is 6.03 Å². The van der Waals surface area contributed by atoms with Gasteiger partial charge in [0, 0.05) is 33.9 Å². The number of ether oxygens (including phenoxy) is 2. The normalized spacial score (nSPS) is 18.3. The number of hydrogen-bond acceptors (Lipinski definition) is 3. The highest BCUT2D eigenvalue weighted by Gasteiger charge is 2.15. The largest absolute Gasteiger partial charge is 0.383 e. The number of methoxy groups -OCH3 is 2. The van der Waals surface area contributed by atoms with Gasteiger partial charge in [-0.25, -0.2) is 4.79 Å². The van der Waals surface area contributed by atoms with Gasteiger partial charge in [0.15, 0.2) is 0 Å². The van der Waals surface area contributed by atoms with Crippen LogP contribution in [-0.4, -0.2) is 58.0 Å².